The fourth-order valence-corrected chi connectivity index (χ4v) is 3.67. The van der Waals surface area contributed by atoms with Crippen LogP contribution in [-0.4, -0.2) is 35.4 Å². The van der Waals surface area contributed by atoms with Crippen molar-refractivity contribution < 1.29 is 4.79 Å². The average molecular weight is 387 g/mol. The smallest absolute Gasteiger partial charge is 0.252 e. The van der Waals surface area contributed by atoms with Gasteiger partial charge >= 0.3 is 0 Å². The number of fused-ring (bicyclic) bond motifs is 1. The van der Waals surface area contributed by atoms with E-state index in [-0.39, 0.29) is 5.91 Å². The maximum absolute atomic E-state index is 13.2. The SMILES string of the molecule is Cc1nn(C)c2nc(C3CC3)cc(C(=O)NCc3cccnc3-n3cccn3)c12. The van der Waals surface area contributed by atoms with Crippen LogP contribution in [0.1, 0.15) is 46.1 Å². The summed E-state index contributed by atoms with van der Waals surface area (Å²) in [5.74, 6) is 1.02. The Hall–Kier alpha value is -3.55. The number of nitrogens with zero attached hydrogens (tertiary/aromatic N) is 6. The molecule has 1 amide bonds. The number of hydrogen-bond donors (Lipinski definition) is 1. The lowest BCUT2D eigenvalue weighted by Gasteiger charge is -2.11. The molecular weight excluding hydrogens is 366 g/mol. The molecule has 4 heterocycles. The van der Waals surface area contributed by atoms with Gasteiger partial charge in [0.25, 0.3) is 5.91 Å². The molecule has 4 aromatic rings. The molecule has 8 heteroatoms. The van der Waals surface area contributed by atoms with Crippen LogP contribution < -0.4 is 5.32 Å². The molecule has 1 aliphatic rings. The van der Waals surface area contributed by atoms with Gasteiger partial charge < -0.3 is 5.32 Å². The quantitative estimate of drug-likeness (QED) is 0.569. The fraction of sp³-hybridized carbons (Fsp3) is 0.286. The van der Waals surface area contributed by atoms with Crippen LogP contribution in [0, 0.1) is 6.92 Å². The van der Waals surface area contributed by atoms with Crippen molar-refractivity contribution in [3.05, 3.63) is 65.4 Å². The van der Waals surface area contributed by atoms with Gasteiger partial charge in [-0.3, -0.25) is 9.48 Å². The number of nitrogens with one attached hydrogen (secondary N) is 1. The molecule has 0 saturated heterocycles. The number of rotatable bonds is 5. The highest BCUT2D eigenvalue weighted by Gasteiger charge is 2.28. The average Bonchev–Trinajstić information content (AvgIpc) is 3.36. The molecule has 0 unspecified atom stereocenters. The highest BCUT2D eigenvalue weighted by atomic mass is 16.1. The van der Waals surface area contributed by atoms with Crippen LogP contribution in [0.3, 0.4) is 0 Å². The molecule has 1 aliphatic carbocycles. The van der Waals surface area contributed by atoms with Gasteiger partial charge in [-0.2, -0.15) is 10.2 Å². The van der Waals surface area contributed by atoms with E-state index in [9.17, 15) is 4.79 Å². The van der Waals surface area contributed by atoms with Gasteiger partial charge in [0.2, 0.25) is 0 Å². The van der Waals surface area contributed by atoms with Crippen LogP contribution >= 0.6 is 0 Å². The molecule has 1 fully saturated rings. The molecule has 0 radical (unpaired) electrons. The molecule has 5 rings (SSSR count). The molecular formula is C21H21N7O. The van der Waals surface area contributed by atoms with E-state index in [2.05, 4.69) is 20.5 Å². The third kappa shape index (κ3) is 3.16. The summed E-state index contributed by atoms with van der Waals surface area (Å²) in [6.45, 7) is 2.26. The van der Waals surface area contributed by atoms with Crippen molar-refractivity contribution in [1.29, 1.82) is 0 Å². The number of carbonyl (C=O) groups is 1. The number of carbonyl (C=O) groups excluding carboxylic acids is 1. The van der Waals surface area contributed by atoms with Crippen LogP contribution in [0.2, 0.25) is 0 Å². The van der Waals surface area contributed by atoms with Crippen molar-refractivity contribution in [3.8, 4) is 5.82 Å². The Kier molecular flexibility index (Phi) is 4.12. The predicted molar refractivity (Wildman–Crippen MR) is 108 cm³/mol. The zero-order valence-corrected chi connectivity index (χ0v) is 16.3. The molecule has 29 heavy (non-hydrogen) atoms. The van der Waals surface area contributed by atoms with Gasteiger partial charge in [0.15, 0.2) is 11.5 Å². The summed E-state index contributed by atoms with van der Waals surface area (Å²) < 4.78 is 3.45. The van der Waals surface area contributed by atoms with Gasteiger partial charge in [0, 0.05) is 49.4 Å². The number of aryl methyl sites for hydroxylation is 2. The summed E-state index contributed by atoms with van der Waals surface area (Å²) in [6.07, 6.45) is 7.50. The minimum atomic E-state index is -0.134. The maximum Gasteiger partial charge on any atom is 0.252 e. The van der Waals surface area contributed by atoms with Gasteiger partial charge in [0.05, 0.1) is 16.6 Å². The third-order valence-electron chi connectivity index (χ3n) is 5.26. The Morgan fingerprint density at radius 1 is 1.28 bits per heavy atom. The van der Waals surface area contributed by atoms with Gasteiger partial charge in [-0.15, -0.1) is 0 Å². The largest absolute Gasteiger partial charge is 0.348 e. The third-order valence-corrected chi connectivity index (χ3v) is 5.26. The predicted octanol–water partition coefficient (Wildman–Crippen LogP) is 2.66. The topological polar surface area (TPSA) is 90.5 Å². The number of aromatic nitrogens is 6. The van der Waals surface area contributed by atoms with Gasteiger partial charge in [-0.1, -0.05) is 6.07 Å². The lowest BCUT2D eigenvalue weighted by Crippen LogP contribution is -2.24. The Morgan fingerprint density at radius 2 is 2.14 bits per heavy atom. The van der Waals surface area contributed by atoms with Crippen molar-refractivity contribution >= 4 is 16.9 Å². The van der Waals surface area contributed by atoms with E-state index < -0.39 is 0 Å². The van der Waals surface area contributed by atoms with E-state index in [1.165, 1.54) is 0 Å². The van der Waals surface area contributed by atoms with E-state index in [1.54, 1.807) is 21.8 Å². The first-order valence-corrected chi connectivity index (χ1v) is 9.68. The van der Waals surface area contributed by atoms with E-state index in [0.29, 0.717) is 23.8 Å². The van der Waals surface area contributed by atoms with Crippen LogP contribution in [0.15, 0.2) is 42.9 Å². The highest BCUT2D eigenvalue weighted by molar-refractivity contribution is 6.06. The van der Waals surface area contributed by atoms with Crippen molar-refractivity contribution in [3.63, 3.8) is 0 Å². The zero-order chi connectivity index (χ0) is 20.0. The lowest BCUT2D eigenvalue weighted by atomic mass is 10.1. The van der Waals surface area contributed by atoms with E-state index in [1.807, 2.05) is 44.4 Å². The summed E-state index contributed by atoms with van der Waals surface area (Å²) in [4.78, 5) is 22.3. The summed E-state index contributed by atoms with van der Waals surface area (Å²) in [5.41, 5.74) is 4.06. The molecule has 146 valence electrons. The van der Waals surface area contributed by atoms with E-state index in [4.69, 9.17) is 4.98 Å². The maximum atomic E-state index is 13.2. The minimum Gasteiger partial charge on any atom is -0.348 e. The fourth-order valence-electron chi connectivity index (χ4n) is 3.67. The summed E-state index contributed by atoms with van der Waals surface area (Å²) >= 11 is 0. The molecule has 1 N–H and O–H groups in total. The molecule has 4 aromatic heterocycles. The zero-order valence-electron chi connectivity index (χ0n) is 16.3. The molecule has 0 aromatic carbocycles. The Morgan fingerprint density at radius 3 is 2.90 bits per heavy atom. The van der Waals surface area contributed by atoms with Crippen molar-refractivity contribution in [2.75, 3.05) is 0 Å². The highest BCUT2D eigenvalue weighted by Crippen LogP contribution is 2.40. The normalized spacial score (nSPS) is 13.7. The van der Waals surface area contributed by atoms with Gasteiger partial charge in [0.1, 0.15) is 0 Å². The standard InChI is InChI=1S/C21H21N7O/c1-13-18-16(11-17(14-6-7-14)25-20(18)27(2)26-13)21(29)23-12-15-5-3-8-22-19(15)28-10-4-9-24-28/h3-5,8-11,14H,6-7,12H2,1-2H3,(H,23,29). The number of hydrogen-bond acceptors (Lipinski definition) is 5. The van der Waals surface area contributed by atoms with E-state index >= 15 is 0 Å². The molecule has 1 saturated carbocycles. The Labute approximate surface area is 167 Å². The Balaban J connectivity index is 1.47. The first kappa shape index (κ1) is 17.5. The summed E-state index contributed by atoms with van der Waals surface area (Å²) in [7, 11) is 1.87. The van der Waals surface area contributed by atoms with Gasteiger partial charge in [-0.05, 0) is 38.0 Å². The molecule has 0 bridgehead atoms. The summed E-state index contributed by atoms with van der Waals surface area (Å²) in [5, 5.41) is 12.6. The summed E-state index contributed by atoms with van der Waals surface area (Å²) in [6, 6.07) is 7.57. The van der Waals surface area contributed by atoms with Crippen molar-refractivity contribution in [2.24, 2.45) is 7.05 Å². The Bertz CT molecular complexity index is 1210. The minimum absolute atomic E-state index is 0.134. The van der Waals surface area contributed by atoms with Crippen molar-refractivity contribution in [1.82, 2.24) is 34.8 Å². The van der Waals surface area contributed by atoms with Crippen LogP contribution in [0.4, 0.5) is 0 Å². The first-order valence-electron chi connectivity index (χ1n) is 9.68. The monoisotopic (exact) mass is 387 g/mol. The second kappa shape index (κ2) is 6.80. The van der Waals surface area contributed by atoms with Crippen molar-refractivity contribution in [2.45, 2.75) is 32.2 Å². The first-order chi connectivity index (χ1) is 14.1. The molecule has 0 atom stereocenters. The number of amides is 1. The molecule has 8 nitrogen and oxygen atoms in total. The number of pyridine rings is 2. The second-order valence-electron chi connectivity index (χ2n) is 7.40. The molecule has 0 aliphatic heterocycles. The van der Waals surface area contributed by atoms with Crippen LogP contribution in [-0.2, 0) is 13.6 Å². The van der Waals surface area contributed by atoms with Gasteiger partial charge in [-0.25, -0.2) is 14.6 Å². The molecule has 0 spiro atoms. The van der Waals surface area contributed by atoms with E-state index in [0.717, 1.165) is 40.8 Å². The second-order valence-corrected chi connectivity index (χ2v) is 7.40. The van der Waals surface area contributed by atoms with Crippen LogP contribution in [0.5, 0.6) is 0 Å². The van der Waals surface area contributed by atoms with Crippen LogP contribution in [0.25, 0.3) is 16.9 Å². The lowest BCUT2D eigenvalue weighted by molar-refractivity contribution is 0.0952.